The molecule has 1 atom stereocenters. The average molecular weight is 280 g/mol. The molecule has 2 aromatic carbocycles. The lowest BCUT2D eigenvalue weighted by Gasteiger charge is -2.02. The summed E-state index contributed by atoms with van der Waals surface area (Å²) in [5.41, 5.74) is 2.63. The summed E-state index contributed by atoms with van der Waals surface area (Å²) in [6, 6.07) is 12.3. The van der Waals surface area contributed by atoms with Crippen molar-refractivity contribution in [1.29, 1.82) is 0 Å². The van der Waals surface area contributed by atoms with E-state index < -0.39 is 0 Å². The van der Waals surface area contributed by atoms with Crippen LogP contribution in [0.2, 0.25) is 0 Å². The number of carbonyl (C=O) groups excluding carboxylic acids is 1. The standard InChI is InChI=1S/C18H16O3/c1-12-10-15-11-14(5-9-18(15)21-12)17(20)8-4-13-2-6-16(19)7-3-13/h2-9,11-12,19H,10H2,1H3. The molecule has 3 heteroatoms. The van der Waals surface area contributed by atoms with E-state index in [4.69, 9.17) is 4.74 Å². The molecule has 3 rings (SSSR count). The highest BCUT2D eigenvalue weighted by molar-refractivity contribution is 6.07. The fourth-order valence-corrected chi connectivity index (χ4v) is 2.43. The number of fused-ring (bicyclic) bond motifs is 1. The van der Waals surface area contributed by atoms with Gasteiger partial charge >= 0.3 is 0 Å². The number of benzene rings is 2. The molecule has 1 aliphatic rings. The van der Waals surface area contributed by atoms with Gasteiger partial charge in [0.2, 0.25) is 0 Å². The number of ketones is 1. The summed E-state index contributed by atoms with van der Waals surface area (Å²) in [6.07, 6.45) is 4.32. The fraction of sp³-hybridized carbons (Fsp3) is 0.167. The molecule has 0 saturated carbocycles. The second kappa shape index (κ2) is 5.44. The zero-order valence-electron chi connectivity index (χ0n) is 11.7. The third-order valence-electron chi connectivity index (χ3n) is 3.50. The van der Waals surface area contributed by atoms with Gasteiger partial charge in [-0.1, -0.05) is 18.2 Å². The van der Waals surface area contributed by atoms with Crippen LogP contribution in [0.1, 0.15) is 28.4 Å². The molecule has 1 aliphatic heterocycles. The Morgan fingerprint density at radius 2 is 2.00 bits per heavy atom. The number of rotatable bonds is 3. The topological polar surface area (TPSA) is 46.5 Å². The van der Waals surface area contributed by atoms with Crippen LogP contribution in [0.4, 0.5) is 0 Å². The molecule has 1 unspecified atom stereocenters. The van der Waals surface area contributed by atoms with Crippen LogP contribution in [0, 0.1) is 0 Å². The summed E-state index contributed by atoms with van der Waals surface area (Å²) >= 11 is 0. The molecule has 21 heavy (non-hydrogen) atoms. The second-order valence-electron chi connectivity index (χ2n) is 5.24. The van der Waals surface area contributed by atoms with E-state index in [2.05, 4.69) is 0 Å². The van der Waals surface area contributed by atoms with Gasteiger partial charge < -0.3 is 9.84 Å². The van der Waals surface area contributed by atoms with Crippen LogP contribution in [-0.4, -0.2) is 17.0 Å². The largest absolute Gasteiger partial charge is 0.508 e. The number of carbonyl (C=O) groups is 1. The van der Waals surface area contributed by atoms with Crippen molar-refractivity contribution in [3.05, 3.63) is 65.2 Å². The Bertz CT molecular complexity index is 699. The summed E-state index contributed by atoms with van der Waals surface area (Å²) in [7, 11) is 0. The second-order valence-corrected chi connectivity index (χ2v) is 5.24. The van der Waals surface area contributed by atoms with Crippen molar-refractivity contribution < 1.29 is 14.6 Å². The first-order valence-electron chi connectivity index (χ1n) is 6.93. The molecule has 1 heterocycles. The van der Waals surface area contributed by atoms with Gasteiger partial charge in [-0.25, -0.2) is 0 Å². The number of phenolic OH excluding ortho intramolecular Hbond substituents is 1. The highest BCUT2D eigenvalue weighted by Crippen LogP contribution is 2.29. The van der Waals surface area contributed by atoms with E-state index in [-0.39, 0.29) is 17.6 Å². The van der Waals surface area contributed by atoms with E-state index in [0.717, 1.165) is 23.3 Å². The fourth-order valence-electron chi connectivity index (χ4n) is 2.43. The predicted octanol–water partition coefficient (Wildman–Crippen LogP) is 3.61. The molecule has 3 nitrogen and oxygen atoms in total. The normalized spacial score (nSPS) is 16.7. The van der Waals surface area contributed by atoms with Gasteiger partial charge in [0.15, 0.2) is 5.78 Å². The number of allylic oxidation sites excluding steroid dienone is 1. The van der Waals surface area contributed by atoms with Crippen LogP contribution < -0.4 is 4.74 Å². The predicted molar refractivity (Wildman–Crippen MR) is 81.7 cm³/mol. The summed E-state index contributed by atoms with van der Waals surface area (Å²) in [5, 5.41) is 9.22. The Labute approximate surface area is 123 Å². The van der Waals surface area contributed by atoms with Crippen LogP contribution in [0.5, 0.6) is 11.5 Å². The maximum absolute atomic E-state index is 12.2. The first kappa shape index (κ1) is 13.4. The van der Waals surface area contributed by atoms with Crippen LogP contribution in [0.3, 0.4) is 0 Å². The first-order valence-corrected chi connectivity index (χ1v) is 6.93. The maximum atomic E-state index is 12.2. The first-order chi connectivity index (χ1) is 10.1. The summed E-state index contributed by atoms with van der Waals surface area (Å²) in [5.74, 6) is 1.05. The Morgan fingerprint density at radius 3 is 2.76 bits per heavy atom. The van der Waals surface area contributed by atoms with Gasteiger partial charge in [0, 0.05) is 12.0 Å². The monoisotopic (exact) mass is 280 g/mol. The number of hydrogen-bond donors (Lipinski definition) is 1. The molecule has 0 saturated heterocycles. The number of hydrogen-bond acceptors (Lipinski definition) is 3. The molecule has 0 aromatic heterocycles. The van der Waals surface area contributed by atoms with Crippen molar-refractivity contribution in [1.82, 2.24) is 0 Å². The van der Waals surface area contributed by atoms with Crippen molar-refractivity contribution in [3.63, 3.8) is 0 Å². The van der Waals surface area contributed by atoms with Gasteiger partial charge in [-0.15, -0.1) is 0 Å². The van der Waals surface area contributed by atoms with E-state index in [1.165, 1.54) is 0 Å². The quantitative estimate of drug-likeness (QED) is 0.690. The molecule has 0 radical (unpaired) electrons. The van der Waals surface area contributed by atoms with Crippen LogP contribution in [0.25, 0.3) is 6.08 Å². The smallest absolute Gasteiger partial charge is 0.185 e. The van der Waals surface area contributed by atoms with Crippen LogP contribution in [0.15, 0.2) is 48.5 Å². The van der Waals surface area contributed by atoms with E-state index in [1.807, 2.05) is 19.1 Å². The highest BCUT2D eigenvalue weighted by atomic mass is 16.5. The van der Waals surface area contributed by atoms with Crippen molar-refractivity contribution in [2.75, 3.05) is 0 Å². The van der Waals surface area contributed by atoms with Crippen molar-refractivity contribution in [2.45, 2.75) is 19.4 Å². The zero-order chi connectivity index (χ0) is 14.8. The summed E-state index contributed by atoms with van der Waals surface area (Å²) in [6.45, 7) is 2.02. The lowest BCUT2D eigenvalue weighted by Crippen LogP contribution is -2.05. The van der Waals surface area contributed by atoms with Gasteiger partial charge in [-0.3, -0.25) is 4.79 Å². The van der Waals surface area contributed by atoms with Crippen LogP contribution in [-0.2, 0) is 6.42 Å². The van der Waals surface area contributed by atoms with E-state index in [0.29, 0.717) is 5.56 Å². The zero-order valence-corrected chi connectivity index (χ0v) is 11.7. The van der Waals surface area contributed by atoms with E-state index in [1.54, 1.807) is 42.5 Å². The molecule has 1 N–H and O–H groups in total. The van der Waals surface area contributed by atoms with Crippen molar-refractivity contribution in [2.24, 2.45) is 0 Å². The molecule has 2 aromatic rings. The minimum atomic E-state index is -0.0366. The number of phenols is 1. The highest BCUT2D eigenvalue weighted by Gasteiger charge is 2.19. The molecular formula is C18H16O3. The summed E-state index contributed by atoms with van der Waals surface area (Å²) < 4.78 is 5.63. The van der Waals surface area contributed by atoms with Crippen LogP contribution >= 0.6 is 0 Å². The molecule has 0 amide bonds. The van der Waals surface area contributed by atoms with Crippen molar-refractivity contribution in [3.8, 4) is 11.5 Å². The molecule has 0 fully saturated rings. The third-order valence-corrected chi connectivity index (χ3v) is 3.50. The van der Waals surface area contributed by atoms with Gasteiger partial charge in [0.1, 0.15) is 17.6 Å². The van der Waals surface area contributed by atoms with Gasteiger partial charge in [-0.2, -0.15) is 0 Å². The number of aromatic hydroxyl groups is 1. The van der Waals surface area contributed by atoms with Gasteiger partial charge in [-0.05, 0) is 54.5 Å². The number of ether oxygens (including phenoxy) is 1. The Morgan fingerprint density at radius 1 is 1.24 bits per heavy atom. The Hall–Kier alpha value is -2.55. The minimum absolute atomic E-state index is 0.0366. The van der Waals surface area contributed by atoms with Gasteiger partial charge in [0.05, 0.1) is 0 Å². The third kappa shape index (κ3) is 2.97. The molecule has 0 spiro atoms. The Balaban J connectivity index is 1.77. The van der Waals surface area contributed by atoms with Crippen molar-refractivity contribution >= 4 is 11.9 Å². The SMILES string of the molecule is CC1Cc2cc(C(=O)C=Cc3ccc(O)cc3)ccc2O1. The van der Waals surface area contributed by atoms with Gasteiger partial charge in [0.25, 0.3) is 0 Å². The lowest BCUT2D eigenvalue weighted by molar-refractivity contribution is 0.104. The molecule has 106 valence electrons. The van der Waals surface area contributed by atoms with E-state index in [9.17, 15) is 9.90 Å². The lowest BCUT2D eigenvalue weighted by atomic mass is 10.0. The Kier molecular flexibility index (Phi) is 3.48. The summed E-state index contributed by atoms with van der Waals surface area (Å²) in [4.78, 5) is 12.2. The van der Waals surface area contributed by atoms with E-state index >= 15 is 0 Å². The molecule has 0 bridgehead atoms. The molecular weight excluding hydrogens is 264 g/mol. The average Bonchev–Trinajstić information content (AvgIpc) is 2.85. The molecule has 0 aliphatic carbocycles. The maximum Gasteiger partial charge on any atom is 0.185 e. The minimum Gasteiger partial charge on any atom is -0.508 e.